The number of amides is 1. The molecule has 0 bridgehead atoms. The van der Waals surface area contributed by atoms with Crippen LogP contribution in [-0.2, 0) is 4.79 Å². The summed E-state index contributed by atoms with van der Waals surface area (Å²) in [7, 11) is -1.52. The van der Waals surface area contributed by atoms with Gasteiger partial charge in [0.05, 0.1) is 0 Å². The number of hydrogen-bond acceptors (Lipinski definition) is 2. The standard InChI is InChI=1S/C19H29N2OP/c1-14-11-17(13-20)12-15(2)18(14)21-19(22)16(3)23(4)9-7-5-6-8-10-23/h11-12,16,23H,5-10H2,1-4H3,(H,21,22). The number of rotatable bonds is 3. The predicted molar refractivity (Wildman–Crippen MR) is 101 cm³/mol. The number of aryl methyl sites for hydroxylation is 2. The first kappa shape index (κ1) is 18.0. The summed E-state index contributed by atoms with van der Waals surface area (Å²) in [5, 5.41) is 12.2. The molecule has 1 unspecified atom stereocenters. The van der Waals surface area contributed by atoms with Gasteiger partial charge in [-0.1, -0.05) is 0 Å². The molecular weight excluding hydrogens is 303 g/mol. The quantitative estimate of drug-likeness (QED) is 0.831. The van der Waals surface area contributed by atoms with Crippen molar-refractivity contribution >= 4 is 18.9 Å². The zero-order valence-electron chi connectivity index (χ0n) is 14.8. The minimum absolute atomic E-state index is 0.134. The van der Waals surface area contributed by atoms with Crippen LogP contribution in [0.2, 0.25) is 0 Å². The molecule has 1 amide bonds. The summed E-state index contributed by atoms with van der Waals surface area (Å²) in [4.78, 5) is 12.8. The van der Waals surface area contributed by atoms with E-state index in [1.807, 2.05) is 26.0 Å². The van der Waals surface area contributed by atoms with E-state index in [9.17, 15) is 4.79 Å². The first-order valence-electron chi connectivity index (χ1n) is 8.69. The van der Waals surface area contributed by atoms with Gasteiger partial charge in [0, 0.05) is 0 Å². The summed E-state index contributed by atoms with van der Waals surface area (Å²) in [6, 6.07) is 5.86. The van der Waals surface area contributed by atoms with Crippen molar-refractivity contribution in [3.8, 4) is 6.07 Å². The molecule has 0 radical (unpaired) electrons. The fourth-order valence-electron chi connectivity index (χ4n) is 3.74. The average molecular weight is 332 g/mol. The van der Waals surface area contributed by atoms with Crippen LogP contribution >= 0.6 is 7.26 Å². The molecule has 1 heterocycles. The van der Waals surface area contributed by atoms with Gasteiger partial charge in [0.1, 0.15) is 0 Å². The molecule has 0 spiro atoms. The summed E-state index contributed by atoms with van der Waals surface area (Å²) in [6.07, 6.45) is 7.76. The van der Waals surface area contributed by atoms with E-state index >= 15 is 0 Å². The van der Waals surface area contributed by atoms with E-state index in [1.54, 1.807) is 0 Å². The van der Waals surface area contributed by atoms with Crippen molar-refractivity contribution in [3.63, 3.8) is 0 Å². The van der Waals surface area contributed by atoms with Gasteiger partial charge in [0.15, 0.2) is 0 Å². The van der Waals surface area contributed by atoms with Crippen LogP contribution in [0.4, 0.5) is 5.69 Å². The van der Waals surface area contributed by atoms with Gasteiger partial charge in [-0.05, 0) is 0 Å². The molecular formula is C19H29N2OP. The number of nitrogens with zero attached hydrogens (tertiary/aromatic N) is 1. The summed E-state index contributed by atoms with van der Waals surface area (Å²) < 4.78 is 0. The number of anilines is 1. The van der Waals surface area contributed by atoms with Crippen molar-refractivity contribution in [2.45, 2.75) is 52.1 Å². The van der Waals surface area contributed by atoms with Gasteiger partial charge in [-0.2, -0.15) is 0 Å². The molecule has 1 N–H and O–H groups in total. The van der Waals surface area contributed by atoms with E-state index in [0.717, 1.165) is 16.8 Å². The molecule has 1 aliphatic rings. The van der Waals surface area contributed by atoms with Gasteiger partial charge in [0.25, 0.3) is 0 Å². The van der Waals surface area contributed by atoms with Crippen molar-refractivity contribution in [1.82, 2.24) is 0 Å². The number of carbonyl (C=O) groups is 1. The van der Waals surface area contributed by atoms with Gasteiger partial charge < -0.3 is 0 Å². The second-order valence-electron chi connectivity index (χ2n) is 7.38. The van der Waals surface area contributed by atoms with Crippen molar-refractivity contribution in [2.75, 3.05) is 24.3 Å². The SMILES string of the molecule is Cc1cc(C#N)cc(C)c1NC(=O)C(C)[PH]1(C)CCCCCC1. The van der Waals surface area contributed by atoms with Gasteiger partial charge in [-0.15, -0.1) is 0 Å². The third-order valence-corrected chi connectivity index (χ3v) is 10.9. The van der Waals surface area contributed by atoms with Crippen molar-refractivity contribution in [3.05, 3.63) is 28.8 Å². The molecule has 126 valence electrons. The number of benzene rings is 1. The first-order valence-corrected chi connectivity index (χ1v) is 11.7. The van der Waals surface area contributed by atoms with Crippen LogP contribution in [0.25, 0.3) is 0 Å². The Morgan fingerprint density at radius 3 is 2.17 bits per heavy atom. The predicted octanol–water partition coefficient (Wildman–Crippen LogP) is 4.46. The molecule has 3 nitrogen and oxygen atoms in total. The van der Waals surface area contributed by atoms with Gasteiger partial charge >= 0.3 is 140 Å². The van der Waals surface area contributed by atoms with E-state index in [0.29, 0.717) is 5.56 Å². The molecule has 1 atom stereocenters. The van der Waals surface area contributed by atoms with Crippen LogP contribution in [0.3, 0.4) is 0 Å². The average Bonchev–Trinajstić information content (AvgIpc) is 2.75. The molecule has 1 fully saturated rings. The number of hydrogen-bond donors (Lipinski definition) is 1. The Kier molecular flexibility index (Phi) is 5.82. The topological polar surface area (TPSA) is 52.9 Å². The first-order chi connectivity index (χ1) is 10.9. The van der Waals surface area contributed by atoms with Gasteiger partial charge in [-0.3, -0.25) is 0 Å². The Hall–Kier alpha value is -1.39. The number of nitrogens with one attached hydrogen (secondary N) is 1. The molecule has 1 aromatic carbocycles. The summed E-state index contributed by atoms with van der Waals surface area (Å²) >= 11 is 0. The molecule has 1 aromatic rings. The fraction of sp³-hybridized carbons (Fsp3) is 0.579. The zero-order valence-corrected chi connectivity index (χ0v) is 15.8. The Labute approximate surface area is 140 Å². The molecule has 0 aromatic heterocycles. The molecule has 1 saturated heterocycles. The van der Waals surface area contributed by atoms with Crippen LogP contribution in [-0.4, -0.2) is 30.6 Å². The van der Waals surface area contributed by atoms with E-state index in [1.165, 1.54) is 38.0 Å². The maximum absolute atomic E-state index is 12.8. The third-order valence-electron chi connectivity index (χ3n) is 5.59. The molecule has 0 saturated carbocycles. The molecule has 23 heavy (non-hydrogen) atoms. The van der Waals surface area contributed by atoms with Crippen LogP contribution in [0.15, 0.2) is 12.1 Å². The Balaban J connectivity index is 2.17. The monoisotopic (exact) mass is 332 g/mol. The minimum atomic E-state index is -1.52. The summed E-state index contributed by atoms with van der Waals surface area (Å²) in [5.41, 5.74) is 3.60. The molecule has 2 rings (SSSR count). The normalized spacial score (nSPS) is 20.0. The third kappa shape index (κ3) is 4.12. The van der Waals surface area contributed by atoms with Crippen LogP contribution in [0.1, 0.15) is 49.3 Å². The fourth-order valence-corrected chi connectivity index (χ4v) is 7.68. The number of carbonyl (C=O) groups excluding carboxylic acids is 1. The summed E-state index contributed by atoms with van der Waals surface area (Å²) in [6.45, 7) is 8.44. The van der Waals surface area contributed by atoms with Crippen LogP contribution < -0.4 is 5.32 Å². The second kappa shape index (κ2) is 7.45. The van der Waals surface area contributed by atoms with Crippen molar-refractivity contribution < 1.29 is 4.79 Å². The van der Waals surface area contributed by atoms with Crippen molar-refractivity contribution in [2.24, 2.45) is 0 Å². The summed E-state index contributed by atoms with van der Waals surface area (Å²) in [5.74, 6) is 0.164. The zero-order chi connectivity index (χ0) is 17.0. The Morgan fingerprint density at radius 2 is 1.70 bits per heavy atom. The van der Waals surface area contributed by atoms with E-state index in [4.69, 9.17) is 5.26 Å². The van der Waals surface area contributed by atoms with Crippen molar-refractivity contribution in [1.29, 1.82) is 5.26 Å². The van der Waals surface area contributed by atoms with Crippen LogP contribution in [0.5, 0.6) is 0 Å². The maximum atomic E-state index is 12.8. The Bertz CT molecular complexity index is 602. The van der Waals surface area contributed by atoms with Crippen LogP contribution in [0, 0.1) is 25.2 Å². The molecule has 4 heteroatoms. The second-order valence-corrected chi connectivity index (χ2v) is 12.6. The van der Waals surface area contributed by atoms with E-state index in [-0.39, 0.29) is 11.6 Å². The van der Waals surface area contributed by atoms with E-state index in [2.05, 4.69) is 25.0 Å². The van der Waals surface area contributed by atoms with E-state index < -0.39 is 7.26 Å². The molecule has 0 aliphatic carbocycles. The molecule has 1 aliphatic heterocycles. The van der Waals surface area contributed by atoms with Gasteiger partial charge in [0.2, 0.25) is 0 Å². The van der Waals surface area contributed by atoms with Gasteiger partial charge in [-0.25, -0.2) is 0 Å². The Morgan fingerprint density at radius 1 is 1.17 bits per heavy atom. The number of nitriles is 1.